The molecule has 1 aromatic rings. The van der Waals surface area contributed by atoms with Crippen LogP contribution < -0.4 is 0 Å². The first kappa shape index (κ1) is 12.2. The molecule has 2 aliphatic rings. The summed E-state index contributed by atoms with van der Waals surface area (Å²) < 4.78 is 0. The third-order valence-corrected chi connectivity index (χ3v) is 5.71. The van der Waals surface area contributed by atoms with E-state index in [1.807, 2.05) is 0 Å². The van der Waals surface area contributed by atoms with E-state index in [1.165, 1.54) is 42.3 Å². The van der Waals surface area contributed by atoms with Gasteiger partial charge in [-0.2, -0.15) is 0 Å². The number of hydrogen-bond acceptors (Lipinski definition) is 0. The van der Waals surface area contributed by atoms with Gasteiger partial charge in [0.1, 0.15) is 0 Å². The molecule has 96 valence electrons. The number of fused-ring (bicyclic) bond motifs is 2. The lowest BCUT2D eigenvalue weighted by Crippen LogP contribution is -2.06. The Balaban J connectivity index is 2.00. The van der Waals surface area contributed by atoms with Crippen LogP contribution in [0.5, 0.6) is 0 Å². The van der Waals surface area contributed by atoms with Crippen molar-refractivity contribution in [3.63, 3.8) is 0 Å². The lowest BCUT2D eigenvalue weighted by atomic mass is 9.85. The molecule has 0 bridgehead atoms. The van der Waals surface area contributed by atoms with Crippen molar-refractivity contribution in [3.8, 4) is 0 Å². The van der Waals surface area contributed by atoms with Crippen LogP contribution in [-0.4, -0.2) is 10.2 Å². The molecule has 0 spiro atoms. The van der Waals surface area contributed by atoms with Gasteiger partial charge in [-0.25, -0.2) is 0 Å². The molecule has 0 heterocycles. The second kappa shape index (κ2) is 4.69. The van der Waals surface area contributed by atoms with Crippen molar-refractivity contribution in [2.45, 2.75) is 51.9 Å². The molecule has 0 amide bonds. The van der Waals surface area contributed by atoms with E-state index < -0.39 is 0 Å². The van der Waals surface area contributed by atoms with Crippen molar-refractivity contribution in [3.05, 3.63) is 40.5 Å². The Hall–Kier alpha value is -0.823. The fraction of sp³-hybridized carbons (Fsp3) is 0.529. The minimum Gasteiger partial charge on any atom is -0.0779 e. The molecule has 0 aromatic heterocycles. The highest BCUT2D eigenvalue weighted by Gasteiger charge is 2.27. The third-order valence-electron chi connectivity index (χ3n) is 4.83. The number of aryl methyl sites for hydroxylation is 2. The molecule has 2 atom stereocenters. The molecule has 1 heteroatoms. The summed E-state index contributed by atoms with van der Waals surface area (Å²) in [6.45, 7) is 4.74. The molecular weight excluding hydrogens is 232 g/mol. The number of rotatable bonds is 3. The highest BCUT2D eigenvalue weighted by atomic mass is 28.1. The number of allylic oxidation sites excluding steroid dienone is 1. The fourth-order valence-electron chi connectivity index (χ4n) is 3.82. The van der Waals surface area contributed by atoms with Crippen LogP contribution in [0.2, 0.25) is 0 Å². The largest absolute Gasteiger partial charge is 0.0779 e. The molecule has 0 N–H and O–H groups in total. The van der Waals surface area contributed by atoms with E-state index in [9.17, 15) is 0 Å². The van der Waals surface area contributed by atoms with Crippen LogP contribution >= 0.6 is 0 Å². The Kier molecular flexibility index (Phi) is 3.19. The normalized spacial score (nSPS) is 22.8. The number of hydrogen-bond donors (Lipinski definition) is 0. The molecule has 3 rings (SSSR count). The molecule has 0 fully saturated rings. The molecule has 0 radical (unpaired) electrons. The lowest BCUT2D eigenvalue weighted by molar-refractivity contribution is 0.481. The van der Waals surface area contributed by atoms with Gasteiger partial charge in [0.15, 0.2) is 0 Å². The van der Waals surface area contributed by atoms with Gasteiger partial charge in [0.2, 0.25) is 0 Å². The highest BCUT2D eigenvalue weighted by molar-refractivity contribution is 6.43. The van der Waals surface area contributed by atoms with Gasteiger partial charge in [0.05, 0.1) is 0 Å². The van der Waals surface area contributed by atoms with Crippen molar-refractivity contribution in [1.29, 1.82) is 0 Å². The first-order valence-electron chi connectivity index (χ1n) is 7.55. The SMILES string of the molecule is CCCC(C)C1C=C([SiH3])c2cc3c(cc21)CCC3. The predicted molar refractivity (Wildman–Crippen MR) is 83.2 cm³/mol. The maximum atomic E-state index is 2.58. The summed E-state index contributed by atoms with van der Waals surface area (Å²) in [6.07, 6.45) is 9.23. The molecule has 18 heavy (non-hydrogen) atoms. The minimum absolute atomic E-state index is 0.707. The Labute approximate surface area is 114 Å². The predicted octanol–water partition coefficient (Wildman–Crippen LogP) is 3.42. The van der Waals surface area contributed by atoms with E-state index in [2.05, 4.69) is 32.1 Å². The van der Waals surface area contributed by atoms with Crippen LogP contribution in [0, 0.1) is 5.92 Å². The second-order valence-corrected chi connectivity index (χ2v) is 7.28. The van der Waals surface area contributed by atoms with Crippen LogP contribution in [0.4, 0.5) is 0 Å². The van der Waals surface area contributed by atoms with Gasteiger partial charge in [-0.05, 0) is 47.4 Å². The first-order valence-corrected chi connectivity index (χ1v) is 8.55. The van der Waals surface area contributed by atoms with E-state index in [-0.39, 0.29) is 0 Å². The molecule has 0 saturated carbocycles. The quantitative estimate of drug-likeness (QED) is 0.727. The zero-order chi connectivity index (χ0) is 12.7. The molecule has 0 saturated heterocycles. The summed E-state index contributed by atoms with van der Waals surface area (Å²) in [5, 5.41) is 1.65. The van der Waals surface area contributed by atoms with Crippen LogP contribution in [0.1, 0.15) is 61.3 Å². The zero-order valence-corrected chi connectivity index (χ0v) is 13.9. The van der Waals surface area contributed by atoms with E-state index in [4.69, 9.17) is 0 Å². The lowest BCUT2D eigenvalue weighted by Gasteiger charge is -2.19. The Bertz CT molecular complexity index is 499. The maximum absolute atomic E-state index is 2.58. The van der Waals surface area contributed by atoms with Crippen LogP contribution in [0.3, 0.4) is 0 Å². The highest BCUT2D eigenvalue weighted by Crippen LogP contribution is 2.42. The van der Waals surface area contributed by atoms with Crippen molar-refractivity contribution >= 4 is 15.4 Å². The summed E-state index contributed by atoms with van der Waals surface area (Å²) in [5.41, 5.74) is 6.54. The van der Waals surface area contributed by atoms with Gasteiger partial charge in [-0.3, -0.25) is 0 Å². The average Bonchev–Trinajstić information content (AvgIpc) is 2.92. The van der Waals surface area contributed by atoms with Gasteiger partial charge in [0, 0.05) is 16.2 Å². The molecule has 1 aromatic carbocycles. The summed E-state index contributed by atoms with van der Waals surface area (Å²) >= 11 is 0. The number of benzene rings is 1. The Morgan fingerprint density at radius 2 is 2.00 bits per heavy atom. The van der Waals surface area contributed by atoms with Gasteiger partial charge >= 0.3 is 0 Å². The molecule has 0 aliphatic heterocycles. The summed E-state index contributed by atoms with van der Waals surface area (Å²) in [4.78, 5) is 0. The van der Waals surface area contributed by atoms with Gasteiger partial charge in [-0.15, -0.1) is 0 Å². The maximum Gasteiger partial charge on any atom is 0.0389 e. The second-order valence-electron chi connectivity index (χ2n) is 6.20. The minimum atomic E-state index is 0.707. The summed E-state index contributed by atoms with van der Waals surface area (Å²) in [7, 11) is 1.20. The van der Waals surface area contributed by atoms with E-state index in [0.717, 1.165) is 5.92 Å². The van der Waals surface area contributed by atoms with Gasteiger partial charge < -0.3 is 0 Å². The average molecular weight is 256 g/mol. The van der Waals surface area contributed by atoms with E-state index >= 15 is 0 Å². The molecule has 2 aliphatic carbocycles. The van der Waals surface area contributed by atoms with Crippen molar-refractivity contribution in [2.24, 2.45) is 5.92 Å². The monoisotopic (exact) mass is 256 g/mol. The molecule has 0 nitrogen and oxygen atoms in total. The molecule has 2 unspecified atom stereocenters. The van der Waals surface area contributed by atoms with Crippen LogP contribution in [-0.2, 0) is 12.8 Å². The standard InChI is InChI=1S/C17H24Si/c1-3-5-11(2)14-10-17(18)16-9-13-7-4-6-12(13)8-15(14)16/h8-11,14H,3-7H2,1-2,18H3. The first-order chi connectivity index (χ1) is 8.70. The zero-order valence-electron chi connectivity index (χ0n) is 11.9. The van der Waals surface area contributed by atoms with Gasteiger partial charge in [-0.1, -0.05) is 50.1 Å². The van der Waals surface area contributed by atoms with E-state index in [1.54, 1.807) is 27.5 Å². The Morgan fingerprint density at radius 3 is 2.72 bits per heavy atom. The van der Waals surface area contributed by atoms with Crippen molar-refractivity contribution in [1.82, 2.24) is 0 Å². The third kappa shape index (κ3) is 1.89. The summed E-state index contributed by atoms with van der Waals surface area (Å²) in [6, 6.07) is 5.07. The van der Waals surface area contributed by atoms with Crippen molar-refractivity contribution in [2.75, 3.05) is 0 Å². The van der Waals surface area contributed by atoms with E-state index in [0.29, 0.717) is 5.92 Å². The molecular formula is C17H24Si. The Morgan fingerprint density at radius 1 is 1.28 bits per heavy atom. The van der Waals surface area contributed by atoms with Gasteiger partial charge in [0.25, 0.3) is 0 Å². The fourth-order valence-corrected chi connectivity index (χ4v) is 4.61. The smallest absolute Gasteiger partial charge is 0.0389 e. The topological polar surface area (TPSA) is 0 Å². The van der Waals surface area contributed by atoms with Crippen LogP contribution in [0.15, 0.2) is 18.2 Å². The summed E-state index contributed by atoms with van der Waals surface area (Å²) in [5.74, 6) is 1.51. The van der Waals surface area contributed by atoms with Crippen LogP contribution in [0.25, 0.3) is 5.20 Å². The van der Waals surface area contributed by atoms with Crippen molar-refractivity contribution < 1.29 is 0 Å².